The first-order chi connectivity index (χ1) is 9.85. The van der Waals surface area contributed by atoms with Crippen LogP contribution in [0.15, 0.2) is 29.2 Å². The van der Waals surface area contributed by atoms with Gasteiger partial charge in [-0.25, -0.2) is 0 Å². The molecule has 1 aromatic rings. The van der Waals surface area contributed by atoms with Gasteiger partial charge in [0.15, 0.2) is 0 Å². The molecule has 1 aliphatic rings. The highest BCUT2D eigenvalue weighted by Crippen LogP contribution is 2.40. The molecule has 1 fully saturated rings. The van der Waals surface area contributed by atoms with Crippen LogP contribution >= 0.6 is 11.8 Å². The van der Waals surface area contributed by atoms with E-state index < -0.39 is 11.4 Å². The summed E-state index contributed by atoms with van der Waals surface area (Å²) in [4.78, 5) is 23.0. The molecule has 4 nitrogen and oxygen atoms in total. The van der Waals surface area contributed by atoms with Crippen molar-refractivity contribution in [1.29, 1.82) is 0 Å². The summed E-state index contributed by atoms with van der Waals surface area (Å²) in [6.45, 7) is 0.208. The standard InChI is InChI=1S/C13H13F3N2O2S/c14-13(15,16)21-10-4-2-1-3-9(10)18-12(20)8-5-6-11(19)17-7-8/h1-4,8H,5-7H2,(H,17,19)(H,18,20). The second-order valence-electron chi connectivity index (χ2n) is 4.57. The van der Waals surface area contributed by atoms with Crippen LogP contribution in [0.25, 0.3) is 0 Å². The Bertz CT molecular complexity index is 538. The fraction of sp³-hybridized carbons (Fsp3) is 0.385. The van der Waals surface area contributed by atoms with Crippen LogP contribution in [0.3, 0.4) is 0 Å². The molecule has 2 N–H and O–H groups in total. The highest BCUT2D eigenvalue weighted by Gasteiger charge is 2.31. The molecule has 1 saturated heterocycles. The number of hydrogen-bond acceptors (Lipinski definition) is 3. The van der Waals surface area contributed by atoms with Crippen molar-refractivity contribution in [3.8, 4) is 0 Å². The Morgan fingerprint density at radius 1 is 1.33 bits per heavy atom. The van der Waals surface area contributed by atoms with Gasteiger partial charge in [-0.15, -0.1) is 0 Å². The maximum atomic E-state index is 12.5. The molecule has 1 aliphatic heterocycles. The van der Waals surface area contributed by atoms with Crippen molar-refractivity contribution in [1.82, 2.24) is 5.32 Å². The van der Waals surface area contributed by atoms with E-state index in [1.54, 1.807) is 6.07 Å². The van der Waals surface area contributed by atoms with Crippen molar-refractivity contribution in [3.05, 3.63) is 24.3 Å². The van der Waals surface area contributed by atoms with Crippen molar-refractivity contribution in [2.24, 2.45) is 5.92 Å². The Labute approximate surface area is 123 Å². The minimum Gasteiger partial charge on any atom is -0.355 e. The van der Waals surface area contributed by atoms with Crippen LogP contribution < -0.4 is 10.6 Å². The van der Waals surface area contributed by atoms with E-state index in [4.69, 9.17) is 0 Å². The first-order valence-corrected chi connectivity index (χ1v) is 7.09. The number of piperidine rings is 1. The summed E-state index contributed by atoms with van der Waals surface area (Å²) in [5, 5.41) is 5.07. The van der Waals surface area contributed by atoms with E-state index in [2.05, 4.69) is 10.6 Å². The van der Waals surface area contributed by atoms with Crippen molar-refractivity contribution in [3.63, 3.8) is 0 Å². The average molecular weight is 318 g/mol. The van der Waals surface area contributed by atoms with Gasteiger partial charge in [0.1, 0.15) is 0 Å². The van der Waals surface area contributed by atoms with Gasteiger partial charge in [-0.3, -0.25) is 9.59 Å². The van der Waals surface area contributed by atoms with Crippen molar-refractivity contribution >= 4 is 29.3 Å². The largest absolute Gasteiger partial charge is 0.446 e. The van der Waals surface area contributed by atoms with E-state index in [1.807, 2.05) is 0 Å². The summed E-state index contributed by atoms with van der Waals surface area (Å²) < 4.78 is 37.4. The Balaban J connectivity index is 2.05. The van der Waals surface area contributed by atoms with Gasteiger partial charge in [0.2, 0.25) is 11.8 Å². The second kappa shape index (κ2) is 6.38. The number of nitrogens with one attached hydrogen (secondary N) is 2. The number of benzene rings is 1. The number of para-hydroxylation sites is 1. The lowest BCUT2D eigenvalue weighted by Crippen LogP contribution is -2.40. The molecule has 1 aromatic carbocycles. The normalized spacial score (nSPS) is 19.0. The molecule has 0 aromatic heterocycles. The van der Waals surface area contributed by atoms with Gasteiger partial charge in [0, 0.05) is 17.9 Å². The number of carbonyl (C=O) groups excluding carboxylic acids is 2. The van der Waals surface area contributed by atoms with Crippen LogP contribution in [-0.4, -0.2) is 23.9 Å². The number of halogens is 3. The van der Waals surface area contributed by atoms with Crippen LogP contribution in [0.4, 0.5) is 18.9 Å². The quantitative estimate of drug-likeness (QED) is 0.843. The maximum absolute atomic E-state index is 12.5. The van der Waals surface area contributed by atoms with Gasteiger partial charge < -0.3 is 10.6 Å². The van der Waals surface area contributed by atoms with Crippen LogP contribution in [0, 0.1) is 5.92 Å². The average Bonchev–Trinajstić information content (AvgIpc) is 2.40. The Kier molecular flexibility index (Phi) is 4.76. The number of thioether (sulfide) groups is 1. The molecule has 0 spiro atoms. The monoisotopic (exact) mass is 318 g/mol. The van der Waals surface area contributed by atoms with Crippen LogP contribution in [0.5, 0.6) is 0 Å². The lowest BCUT2D eigenvalue weighted by Gasteiger charge is -2.22. The Morgan fingerprint density at radius 3 is 2.67 bits per heavy atom. The molecule has 0 aliphatic carbocycles. The first kappa shape index (κ1) is 15.7. The van der Waals surface area contributed by atoms with Gasteiger partial charge in [-0.05, 0) is 30.3 Å². The summed E-state index contributed by atoms with van der Waals surface area (Å²) >= 11 is -0.268. The van der Waals surface area contributed by atoms with Crippen molar-refractivity contribution < 1.29 is 22.8 Å². The number of alkyl halides is 3. The zero-order valence-corrected chi connectivity index (χ0v) is 11.7. The molecule has 1 atom stereocenters. The number of hydrogen-bond donors (Lipinski definition) is 2. The zero-order valence-electron chi connectivity index (χ0n) is 10.9. The third-order valence-electron chi connectivity index (χ3n) is 3.01. The Hall–Kier alpha value is -1.70. The van der Waals surface area contributed by atoms with E-state index in [0.29, 0.717) is 6.42 Å². The van der Waals surface area contributed by atoms with Gasteiger partial charge in [0.25, 0.3) is 0 Å². The predicted octanol–water partition coefficient (Wildman–Crippen LogP) is 2.76. The summed E-state index contributed by atoms with van der Waals surface area (Å²) in [6, 6.07) is 5.76. The molecule has 2 rings (SSSR count). The SMILES string of the molecule is O=C1CCC(C(=O)Nc2ccccc2SC(F)(F)F)CN1. The smallest absolute Gasteiger partial charge is 0.355 e. The molecule has 2 amide bonds. The number of amides is 2. The van der Waals surface area contributed by atoms with Crippen molar-refractivity contribution in [2.45, 2.75) is 23.2 Å². The Morgan fingerprint density at radius 2 is 2.05 bits per heavy atom. The lowest BCUT2D eigenvalue weighted by molar-refractivity contribution is -0.126. The summed E-state index contributed by atoms with van der Waals surface area (Å²) in [6.07, 6.45) is 0.642. The van der Waals surface area contributed by atoms with E-state index in [1.165, 1.54) is 18.2 Å². The highest BCUT2D eigenvalue weighted by atomic mass is 32.2. The van der Waals surface area contributed by atoms with Gasteiger partial charge in [-0.2, -0.15) is 13.2 Å². The maximum Gasteiger partial charge on any atom is 0.446 e. The van der Waals surface area contributed by atoms with Gasteiger partial charge in [0.05, 0.1) is 11.6 Å². The minimum absolute atomic E-state index is 0.0572. The van der Waals surface area contributed by atoms with Crippen LogP contribution in [0.2, 0.25) is 0 Å². The molecule has 8 heteroatoms. The van der Waals surface area contributed by atoms with Crippen LogP contribution in [0.1, 0.15) is 12.8 Å². The van der Waals surface area contributed by atoms with E-state index in [-0.39, 0.29) is 47.1 Å². The highest BCUT2D eigenvalue weighted by molar-refractivity contribution is 8.00. The van der Waals surface area contributed by atoms with E-state index >= 15 is 0 Å². The summed E-state index contributed by atoms with van der Waals surface area (Å²) in [7, 11) is 0. The molecule has 0 saturated carbocycles. The summed E-state index contributed by atoms with van der Waals surface area (Å²) in [5.41, 5.74) is -4.29. The number of rotatable bonds is 3. The topological polar surface area (TPSA) is 58.2 Å². The van der Waals surface area contributed by atoms with Crippen LogP contribution in [-0.2, 0) is 9.59 Å². The molecular weight excluding hydrogens is 305 g/mol. The lowest BCUT2D eigenvalue weighted by atomic mass is 9.98. The minimum atomic E-state index is -4.42. The summed E-state index contributed by atoms with van der Waals surface area (Å²) in [5.74, 6) is -0.927. The molecule has 0 radical (unpaired) electrons. The third kappa shape index (κ3) is 4.66. The predicted molar refractivity (Wildman–Crippen MR) is 72.7 cm³/mol. The van der Waals surface area contributed by atoms with E-state index in [9.17, 15) is 22.8 Å². The zero-order chi connectivity index (χ0) is 15.5. The van der Waals surface area contributed by atoms with Gasteiger partial charge >= 0.3 is 5.51 Å². The first-order valence-electron chi connectivity index (χ1n) is 6.27. The number of carbonyl (C=O) groups is 2. The fourth-order valence-electron chi connectivity index (χ4n) is 1.97. The van der Waals surface area contributed by atoms with E-state index in [0.717, 1.165) is 0 Å². The van der Waals surface area contributed by atoms with Gasteiger partial charge in [-0.1, -0.05) is 12.1 Å². The molecule has 1 unspecified atom stereocenters. The molecule has 0 bridgehead atoms. The number of anilines is 1. The fourth-order valence-corrected chi connectivity index (χ4v) is 2.60. The molecule has 114 valence electrons. The molecule has 1 heterocycles. The van der Waals surface area contributed by atoms with Crippen molar-refractivity contribution in [2.75, 3.05) is 11.9 Å². The molecular formula is C13H13F3N2O2S. The molecule has 21 heavy (non-hydrogen) atoms. The second-order valence-corrected chi connectivity index (χ2v) is 5.68. The third-order valence-corrected chi connectivity index (χ3v) is 3.81.